The van der Waals surface area contributed by atoms with E-state index in [1.54, 1.807) is 0 Å². The quantitative estimate of drug-likeness (QED) is 0.879. The topological polar surface area (TPSA) is 96.2 Å². The standard InChI is InChI=1S/C15H15NO5/c1-7-2-4-8(5-3-7)12-11-9(14(17)18)6-10(15(19)20)13(11)21-16-12/h2-5,9-11,13H,6H2,1H3,(H,17,18)(H,19,20)/t9-,10+,11+,13+/m0/s1. The molecule has 0 spiro atoms. The maximum Gasteiger partial charge on any atom is 0.310 e. The van der Waals surface area contributed by atoms with Crippen molar-refractivity contribution in [2.24, 2.45) is 22.9 Å². The zero-order chi connectivity index (χ0) is 15.1. The number of fused-ring (bicyclic) bond motifs is 1. The third kappa shape index (κ3) is 2.16. The molecule has 0 unspecified atom stereocenters. The van der Waals surface area contributed by atoms with Crippen LogP contribution in [0.25, 0.3) is 0 Å². The van der Waals surface area contributed by atoms with E-state index in [2.05, 4.69) is 5.16 Å². The number of oxime groups is 1. The molecule has 1 aliphatic heterocycles. The molecule has 110 valence electrons. The predicted molar refractivity (Wildman–Crippen MR) is 72.9 cm³/mol. The number of aryl methyl sites for hydroxylation is 1. The van der Waals surface area contributed by atoms with E-state index < -0.39 is 35.8 Å². The van der Waals surface area contributed by atoms with Gasteiger partial charge in [0.1, 0.15) is 6.10 Å². The van der Waals surface area contributed by atoms with Crippen LogP contribution in [0.3, 0.4) is 0 Å². The van der Waals surface area contributed by atoms with E-state index in [0.717, 1.165) is 11.1 Å². The second-order valence-corrected chi connectivity index (χ2v) is 5.56. The Bertz CT molecular complexity index is 621. The number of benzene rings is 1. The Morgan fingerprint density at radius 1 is 1.14 bits per heavy atom. The highest BCUT2D eigenvalue weighted by atomic mass is 16.6. The highest BCUT2D eigenvalue weighted by Crippen LogP contribution is 2.44. The van der Waals surface area contributed by atoms with Crippen molar-refractivity contribution in [3.05, 3.63) is 35.4 Å². The van der Waals surface area contributed by atoms with E-state index in [1.807, 2.05) is 31.2 Å². The van der Waals surface area contributed by atoms with Crippen LogP contribution in [-0.2, 0) is 14.4 Å². The molecule has 0 amide bonds. The van der Waals surface area contributed by atoms with Crippen molar-refractivity contribution in [3.8, 4) is 0 Å². The summed E-state index contributed by atoms with van der Waals surface area (Å²) in [6, 6.07) is 7.52. The molecule has 2 N–H and O–H groups in total. The van der Waals surface area contributed by atoms with Gasteiger partial charge in [-0.3, -0.25) is 9.59 Å². The Hall–Kier alpha value is -2.37. The number of carboxylic acid groups (broad SMARTS) is 2. The van der Waals surface area contributed by atoms with E-state index in [1.165, 1.54) is 0 Å². The monoisotopic (exact) mass is 289 g/mol. The molecular weight excluding hydrogens is 274 g/mol. The van der Waals surface area contributed by atoms with Gasteiger partial charge in [0.2, 0.25) is 0 Å². The van der Waals surface area contributed by atoms with Crippen LogP contribution in [0.5, 0.6) is 0 Å². The van der Waals surface area contributed by atoms with Crippen LogP contribution in [0.1, 0.15) is 17.5 Å². The summed E-state index contributed by atoms with van der Waals surface area (Å²) in [5.74, 6) is -4.15. The molecular formula is C15H15NO5. The van der Waals surface area contributed by atoms with Gasteiger partial charge >= 0.3 is 11.9 Å². The molecule has 0 aromatic heterocycles. The normalized spacial score (nSPS) is 30.4. The second-order valence-electron chi connectivity index (χ2n) is 5.56. The van der Waals surface area contributed by atoms with Crippen LogP contribution < -0.4 is 0 Å². The predicted octanol–water partition coefficient (Wildman–Crippen LogP) is 1.52. The molecule has 6 nitrogen and oxygen atoms in total. The molecule has 2 aliphatic rings. The maximum absolute atomic E-state index is 11.4. The van der Waals surface area contributed by atoms with Gasteiger partial charge in [0, 0.05) is 0 Å². The summed E-state index contributed by atoms with van der Waals surface area (Å²) in [5, 5.41) is 22.6. The summed E-state index contributed by atoms with van der Waals surface area (Å²) < 4.78 is 0. The number of carboxylic acids is 2. The lowest BCUT2D eigenvalue weighted by Gasteiger charge is -2.15. The number of hydrogen-bond acceptors (Lipinski definition) is 4. The Balaban J connectivity index is 1.96. The van der Waals surface area contributed by atoms with E-state index in [-0.39, 0.29) is 6.42 Å². The minimum Gasteiger partial charge on any atom is -0.481 e. The summed E-state index contributed by atoms with van der Waals surface area (Å²) in [5.41, 5.74) is 2.40. The lowest BCUT2D eigenvalue weighted by atomic mass is 9.86. The smallest absolute Gasteiger partial charge is 0.310 e. The summed E-state index contributed by atoms with van der Waals surface area (Å²) in [7, 11) is 0. The molecule has 1 heterocycles. The van der Waals surface area contributed by atoms with Crippen molar-refractivity contribution in [3.63, 3.8) is 0 Å². The first kappa shape index (κ1) is 13.6. The average molecular weight is 289 g/mol. The number of hydrogen-bond donors (Lipinski definition) is 2. The molecule has 1 saturated carbocycles. The Labute approximate surface area is 121 Å². The minimum absolute atomic E-state index is 0.0743. The first-order valence-corrected chi connectivity index (χ1v) is 6.75. The molecule has 0 bridgehead atoms. The fourth-order valence-electron chi connectivity index (χ4n) is 3.16. The van der Waals surface area contributed by atoms with E-state index in [9.17, 15) is 19.8 Å². The van der Waals surface area contributed by atoms with Crippen molar-refractivity contribution >= 4 is 17.7 Å². The van der Waals surface area contributed by atoms with E-state index in [0.29, 0.717) is 5.71 Å². The van der Waals surface area contributed by atoms with Crippen LogP contribution in [0.4, 0.5) is 0 Å². The van der Waals surface area contributed by atoms with Crippen LogP contribution in [0.15, 0.2) is 29.4 Å². The molecule has 1 aromatic rings. The van der Waals surface area contributed by atoms with Gasteiger partial charge in [-0.15, -0.1) is 0 Å². The van der Waals surface area contributed by atoms with Crippen LogP contribution in [0, 0.1) is 24.7 Å². The number of carbonyl (C=O) groups is 2. The fourth-order valence-corrected chi connectivity index (χ4v) is 3.16. The van der Waals surface area contributed by atoms with Gasteiger partial charge in [-0.2, -0.15) is 0 Å². The second kappa shape index (κ2) is 4.87. The van der Waals surface area contributed by atoms with Crippen molar-refractivity contribution in [1.82, 2.24) is 0 Å². The molecule has 0 radical (unpaired) electrons. The highest BCUT2D eigenvalue weighted by Gasteiger charge is 2.56. The van der Waals surface area contributed by atoms with Gasteiger partial charge in [0.25, 0.3) is 0 Å². The third-order valence-electron chi connectivity index (χ3n) is 4.26. The zero-order valence-electron chi connectivity index (χ0n) is 11.4. The molecule has 1 aliphatic carbocycles. The molecule has 1 aromatic carbocycles. The fraction of sp³-hybridized carbons (Fsp3) is 0.400. The largest absolute Gasteiger partial charge is 0.481 e. The van der Waals surface area contributed by atoms with Crippen LogP contribution in [0.2, 0.25) is 0 Å². The Morgan fingerprint density at radius 3 is 2.33 bits per heavy atom. The summed E-state index contributed by atoms with van der Waals surface area (Å²) in [6.45, 7) is 1.95. The first-order valence-electron chi connectivity index (χ1n) is 6.75. The van der Waals surface area contributed by atoms with Gasteiger partial charge in [-0.25, -0.2) is 0 Å². The van der Waals surface area contributed by atoms with Gasteiger partial charge in [0.15, 0.2) is 0 Å². The van der Waals surface area contributed by atoms with Gasteiger partial charge in [-0.1, -0.05) is 35.0 Å². The molecule has 6 heteroatoms. The van der Waals surface area contributed by atoms with Gasteiger partial charge in [0.05, 0.1) is 23.5 Å². The summed E-state index contributed by atoms with van der Waals surface area (Å²) in [4.78, 5) is 28.0. The van der Waals surface area contributed by atoms with Crippen molar-refractivity contribution in [2.75, 3.05) is 0 Å². The minimum atomic E-state index is -1.03. The molecule has 21 heavy (non-hydrogen) atoms. The first-order chi connectivity index (χ1) is 9.99. The number of aliphatic carboxylic acids is 2. The van der Waals surface area contributed by atoms with E-state index >= 15 is 0 Å². The van der Waals surface area contributed by atoms with Crippen LogP contribution >= 0.6 is 0 Å². The summed E-state index contributed by atoms with van der Waals surface area (Å²) in [6.07, 6.45) is -0.620. The summed E-state index contributed by atoms with van der Waals surface area (Å²) >= 11 is 0. The molecule has 0 saturated heterocycles. The Kier molecular flexibility index (Phi) is 3.16. The Morgan fingerprint density at radius 2 is 1.76 bits per heavy atom. The molecule has 1 fully saturated rings. The van der Waals surface area contributed by atoms with Crippen molar-refractivity contribution in [2.45, 2.75) is 19.4 Å². The lowest BCUT2D eigenvalue weighted by Crippen LogP contribution is -2.31. The van der Waals surface area contributed by atoms with Crippen LogP contribution in [-0.4, -0.2) is 34.0 Å². The van der Waals surface area contributed by atoms with Crippen molar-refractivity contribution < 1.29 is 24.6 Å². The zero-order valence-corrected chi connectivity index (χ0v) is 11.4. The molecule has 3 rings (SSSR count). The third-order valence-corrected chi connectivity index (χ3v) is 4.26. The van der Waals surface area contributed by atoms with Gasteiger partial charge in [-0.05, 0) is 18.9 Å². The van der Waals surface area contributed by atoms with Gasteiger partial charge < -0.3 is 15.1 Å². The average Bonchev–Trinajstić information content (AvgIpc) is 2.99. The van der Waals surface area contributed by atoms with E-state index in [4.69, 9.17) is 4.84 Å². The number of rotatable bonds is 3. The maximum atomic E-state index is 11.4. The highest BCUT2D eigenvalue weighted by molar-refractivity contribution is 6.05. The number of nitrogens with zero attached hydrogens (tertiary/aromatic N) is 1. The SMILES string of the molecule is Cc1ccc(C2=NO[C@H]3[C@@H]2[C@@H](C(=O)O)C[C@H]3C(=O)O)cc1. The lowest BCUT2D eigenvalue weighted by molar-refractivity contribution is -0.145. The van der Waals surface area contributed by atoms with Crippen molar-refractivity contribution in [1.29, 1.82) is 0 Å². The molecule has 4 atom stereocenters.